The molecular formula is C15H9Cl2F9N2OS. The van der Waals surface area contributed by atoms with Gasteiger partial charge in [-0.15, -0.1) is 16.9 Å². The first-order valence-electron chi connectivity index (χ1n) is 7.55. The zero-order chi connectivity index (χ0) is 23.1. The summed E-state index contributed by atoms with van der Waals surface area (Å²) in [6, 6.07) is 1.82. The largest absolute Gasteiger partial charge is 0.469 e. The van der Waals surface area contributed by atoms with Crippen molar-refractivity contribution < 1.29 is 44.3 Å². The molecule has 0 unspecified atom stereocenters. The molecule has 0 amide bonds. The fourth-order valence-corrected chi connectivity index (χ4v) is 3.15. The van der Waals surface area contributed by atoms with Crippen LogP contribution < -0.4 is 4.74 Å². The van der Waals surface area contributed by atoms with Crippen molar-refractivity contribution in [1.82, 2.24) is 9.78 Å². The second kappa shape index (κ2) is 8.58. The van der Waals surface area contributed by atoms with Crippen molar-refractivity contribution in [3.05, 3.63) is 33.7 Å². The highest BCUT2D eigenvalue weighted by atomic mass is 35.5. The summed E-state index contributed by atoms with van der Waals surface area (Å²) >= 11 is 11.9. The maximum Gasteiger partial charge on any atom is 0.456 e. The molecule has 1 aromatic carbocycles. The van der Waals surface area contributed by atoms with Crippen LogP contribution in [0.2, 0.25) is 10.2 Å². The van der Waals surface area contributed by atoms with Crippen LogP contribution in [0.5, 0.6) is 5.88 Å². The molecule has 0 aliphatic heterocycles. The lowest BCUT2D eigenvalue weighted by atomic mass is 10.2. The Morgan fingerprint density at radius 2 is 1.67 bits per heavy atom. The zero-order valence-electron chi connectivity index (χ0n) is 14.4. The molecule has 2 rings (SSSR count). The molecule has 2 aromatic rings. The van der Waals surface area contributed by atoms with E-state index in [2.05, 4.69) is 9.84 Å². The number of benzene rings is 1. The van der Waals surface area contributed by atoms with Gasteiger partial charge in [-0.25, -0.2) is 9.07 Å². The van der Waals surface area contributed by atoms with E-state index in [0.717, 1.165) is 12.1 Å². The molecular weight excluding hydrogens is 498 g/mol. The fraction of sp³-hybridized carbons (Fsp3) is 0.400. The van der Waals surface area contributed by atoms with Crippen LogP contribution in [-0.2, 0) is 0 Å². The lowest BCUT2D eigenvalue weighted by molar-refractivity contribution is -0.290. The van der Waals surface area contributed by atoms with E-state index in [1.807, 2.05) is 0 Å². The molecule has 0 aliphatic rings. The van der Waals surface area contributed by atoms with Gasteiger partial charge in [-0.2, -0.15) is 35.1 Å². The first kappa shape index (κ1) is 24.8. The summed E-state index contributed by atoms with van der Waals surface area (Å²) in [6.07, 6.45) is -10.4. The van der Waals surface area contributed by atoms with Gasteiger partial charge in [0.05, 0.1) is 5.75 Å². The minimum absolute atomic E-state index is 0.00233. The van der Waals surface area contributed by atoms with Crippen LogP contribution in [0.25, 0.3) is 5.69 Å². The average Bonchev–Trinajstić information content (AvgIpc) is 2.86. The van der Waals surface area contributed by atoms with Crippen molar-refractivity contribution in [2.75, 3.05) is 12.4 Å². The van der Waals surface area contributed by atoms with Gasteiger partial charge in [0.2, 0.25) is 0 Å². The third kappa shape index (κ3) is 5.61. The summed E-state index contributed by atoms with van der Waals surface area (Å²) in [7, 11) is 0. The van der Waals surface area contributed by atoms with Crippen molar-refractivity contribution in [2.24, 2.45) is 0 Å². The molecule has 0 N–H and O–H groups in total. The van der Waals surface area contributed by atoms with Crippen molar-refractivity contribution >= 4 is 35.0 Å². The normalized spacial score (nSPS) is 13.1. The first-order chi connectivity index (χ1) is 13.5. The van der Waals surface area contributed by atoms with Gasteiger partial charge in [0.15, 0.2) is 11.8 Å². The maximum atomic E-state index is 14.3. The smallest absolute Gasteiger partial charge is 0.456 e. The maximum absolute atomic E-state index is 14.3. The first-order valence-corrected chi connectivity index (χ1v) is 9.29. The number of aryl methyl sites for hydroxylation is 1. The summed E-state index contributed by atoms with van der Waals surface area (Å²) in [5.41, 5.74) is -0.365. The van der Waals surface area contributed by atoms with Crippen molar-refractivity contribution in [1.29, 1.82) is 0 Å². The monoisotopic (exact) mass is 506 g/mol. The molecule has 0 atom stereocenters. The second-order valence-electron chi connectivity index (χ2n) is 5.79. The molecule has 15 heteroatoms. The van der Waals surface area contributed by atoms with Gasteiger partial charge in [-0.3, -0.25) is 0 Å². The minimum atomic E-state index is -5.90. The fourth-order valence-electron chi connectivity index (χ4n) is 1.97. The minimum Gasteiger partial charge on any atom is -0.469 e. The van der Waals surface area contributed by atoms with Crippen LogP contribution in [0.1, 0.15) is 5.56 Å². The van der Waals surface area contributed by atoms with E-state index in [4.69, 9.17) is 23.2 Å². The van der Waals surface area contributed by atoms with Crippen molar-refractivity contribution in [2.45, 2.75) is 30.1 Å². The Kier molecular flexibility index (Phi) is 7.09. The number of aromatic nitrogens is 2. The number of alkyl halides is 8. The van der Waals surface area contributed by atoms with E-state index in [0.29, 0.717) is 16.4 Å². The highest BCUT2D eigenvalue weighted by Gasteiger charge is 2.58. The molecule has 0 fully saturated rings. The Bertz CT molecular complexity index is 928. The third-order valence-corrected chi connectivity index (χ3v) is 5.42. The second-order valence-corrected chi connectivity index (χ2v) is 7.54. The summed E-state index contributed by atoms with van der Waals surface area (Å²) in [5, 5.41) is 2.15. The van der Waals surface area contributed by atoms with Gasteiger partial charge in [0.25, 0.3) is 5.88 Å². The predicted molar refractivity (Wildman–Crippen MR) is 91.6 cm³/mol. The molecule has 1 aromatic heterocycles. The molecule has 0 saturated carbocycles. The quantitative estimate of drug-likeness (QED) is 0.316. The lowest BCUT2D eigenvalue weighted by Gasteiger charge is -2.18. The Hall–Kier alpha value is -1.47. The summed E-state index contributed by atoms with van der Waals surface area (Å²) < 4.78 is 119. The van der Waals surface area contributed by atoms with Gasteiger partial charge < -0.3 is 4.74 Å². The number of thioether (sulfide) groups is 1. The third-order valence-electron chi connectivity index (χ3n) is 3.41. The van der Waals surface area contributed by atoms with Gasteiger partial charge in [0.1, 0.15) is 16.5 Å². The van der Waals surface area contributed by atoms with Crippen LogP contribution >= 0.6 is 35.0 Å². The number of hydrogen-bond acceptors (Lipinski definition) is 3. The number of hydrogen-bond donors (Lipinski definition) is 0. The number of nitrogens with zero attached hydrogens (tertiary/aromatic N) is 2. The number of rotatable bonds is 6. The highest BCUT2D eigenvalue weighted by Crippen LogP contribution is 2.39. The van der Waals surface area contributed by atoms with E-state index >= 15 is 0 Å². The van der Waals surface area contributed by atoms with Gasteiger partial charge >= 0.3 is 18.3 Å². The van der Waals surface area contributed by atoms with Crippen molar-refractivity contribution in [3.8, 4) is 11.6 Å². The molecule has 30 heavy (non-hydrogen) atoms. The van der Waals surface area contributed by atoms with E-state index < -0.39 is 58.2 Å². The van der Waals surface area contributed by atoms with Gasteiger partial charge in [-0.05, 0) is 24.6 Å². The van der Waals surface area contributed by atoms with E-state index in [1.165, 1.54) is 6.92 Å². The summed E-state index contributed by atoms with van der Waals surface area (Å²) in [5.74, 6) is -8.48. The van der Waals surface area contributed by atoms with E-state index in [1.54, 1.807) is 0 Å². The molecule has 168 valence electrons. The van der Waals surface area contributed by atoms with Crippen LogP contribution in [0.3, 0.4) is 0 Å². The van der Waals surface area contributed by atoms with Crippen molar-refractivity contribution in [3.63, 3.8) is 0 Å². The van der Waals surface area contributed by atoms with E-state index in [-0.39, 0.29) is 10.5 Å². The summed E-state index contributed by atoms with van der Waals surface area (Å²) in [6.45, 7) is -0.830. The molecule has 0 spiro atoms. The Labute approximate surface area is 177 Å². The molecule has 0 saturated heterocycles. The van der Waals surface area contributed by atoms with E-state index in [9.17, 15) is 39.5 Å². The Balaban J connectivity index is 2.37. The molecule has 0 radical (unpaired) electrons. The lowest BCUT2D eigenvalue weighted by Crippen LogP contribution is -2.41. The molecule has 1 heterocycles. The highest BCUT2D eigenvalue weighted by molar-refractivity contribution is 7.99. The van der Waals surface area contributed by atoms with Crippen LogP contribution in [0.15, 0.2) is 17.0 Å². The summed E-state index contributed by atoms with van der Waals surface area (Å²) in [4.78, 5) is -0.00233. The van der Waals surface area contributed by atoms with Crippen LogP contribution in [-0.4, -0.2) is 40.4 Å². The van der Waals surface area contributed by atoms with Crippen LogP contribution in [0.4, 0.5) is 39.5 Å². The Morgan fingerprint density at radius 1 is 1.07 bits per heavy atom. The molecule has 3 nitrogen and oxygen atoms in total. The number of ether oxygens (including phenoxy) is 1. The topological polar surface area (TPSA) is 27.1 Å². The van der Waals surface area contributed by atoms with Crippen LogP contribution in [0, 0.1) is 12.7 Å². The van der Waals surface area contributed by atoms with Gasteiger partial charge in [-0.1, -0.05) is 23.2 Å². The number of halogens is 11. The predicted octanol–water partition coefficient (Wildman–Crippen LogP) is 6.86. The average molecular weight is 507 g/mol. The standard InChI is InChI=1S/C15H9Cl2F9N2OS/c1-6-2-7(18)8(3-9(6)30-5-14(21,22)23)28-11(17)10(16)12(27-28)29-4-13(19,20)15(24,25)26/h2-3H,4-5H2,1H3. The molecule has 0 bridgehead atoms. The SMILES string of the molecule is Cc1cc(F)c(-n2nc(OCC(F)(F)C(F)(F)F)c(Cl)c2Cl)cc1SCC(F)(F)F. The molecule has 0 aliphatic carbocycles. The Morgan fingerprint density at radius 3 is 2.20 bits per heavy atom. The van der Waals surface area contributed by atoms with Gasteiger partial charge in [0, 0.05) is 4.90 Å². The zero-order valence-corrected chi connectivity index (χ0v) is 16.8.